The minimum atomic E-state index is -0.285. The molecule has 0 unspecified atom stereocenters. The molecule has 0 aliphatic heterocycles. The van der Waals surface area contributed by atoms with Crippen molar-refractivity contribution < 1.29 is 9.59 Å². The maximum Gasteiger partial charge on any atom is 0.322 e. The SMILES string of the molecule is CCCCCCCC(=O)N/N=C/N(C)C(=O)NC. The molecular formula is C12H24N4O2. The van der Waals surface area contributed by atoms with E-state index in [0.29, 0.717) is 6.42 Å². The number of hydrogen-bond acceptors (Lipinski definition) is 3. The van der Waals surface area contributed by atoms with Gasteiger partial charge in [-0.1, -0.05) is 32.6 Å². The lowest BCUT2D eigenvalue weighted by molar-refractivity contribution is -0.121. The molecule has 0 aromatic heterocycles. The van der Waals surface area contributed by atoms with Crippen LogP contribution in [0.5, 0.6) is 0 Å². The van der Waals surface area contributed by atoms with E-state index >= 15 is 0 Å². The van der Waals surface area contributed by atoms with Crippen molar-refractivity contribution in [3.8, 4) is 0 Å². The molecule has 6 heteroatoms. The van der Waals surface area contributed by atoms with Gasteiger partial charge in [0.2, 0.25) is 5.91 Å². The Balaban J connectivity index is 3.63. The van der Waals surface area contributed by atoms with Crippen LogP contribution >= 0.6 is 0 Å². The third-order valence-corrected chi connectivity index (χ3v) is 2.46. The quantitative estimate of drug-likeness (QED) is 0.300. The maximum absolute atomic E-state index is 11.4. The first-order chi connectivity index (χ1) is 8.61. The Morgan fingerprint density at radius 1 is 1.22 bits per heavy atom. The second-order valence-electron chi connectivity index (χ2n) is 4.11. The van der Waals surface area contributed by atoms with E-state index in [2.05, 4.69) is 22.8 Å². The number of carbonyl (C=O) groups is 2. The van der Waals surface area contributed by atoms with Crippen LogP contribution in [-0.2, 0) is 4.79 Å². The van der Waals surface area contributed by atoms with Crippen molar-refractivity contribution in [2.75, 3.05) is 14.1 Å². The zero-order chi connectivity index (χ0) is 13.8. The van der Waals surface area contributed by atoms with Crippen molar-refractivity contribution in [2.24, 2.45) is 5.10 Å². The first kappa shape index (κ1) is 16.4. The van der Waals surface area contributed by atoms with E-state index < -0.39 is 0 Å². The van der Waals surface area contributed by atoms with E-state index in [9.17, 15) is 9.59 Å². The fraction of sp³-hybridized carbons (Fsp3) is 0.750. The molecule has 6 nitrogen and oxygen atoms in total. The largest absolute Gasteiger partial charge is 0.341 e. The summed E-state index contributed by atoms with van der Waals surface area (Å²) in [6.07, 6.45) is 7.29. The van der Waals surface area contributed by atoms with E-state index in [-0.39, 0.29) is 11.9 Å². The van der Waals surface area contributed by atoms with Gasteiger partial charge in [-0.25, -0.2) is 10.2 Å². The number of hydrogen-bond donors (Lipinski definition) is 2. The lowest BCUT2D eigenvalue weighted by Crippen LogP contribution is -2.34. The second kappa shape index (κ2) is 10.6. The third kappa shape index (κ3) is 8.55. The van der Waals surface area contributed by atoms with Crippen molar-refractivity contribution in [3.63, 3.8) is 0 Å². The number of nitrogens with one attached hydrogen (secondary N) is 2. The number of urea groups is 1. The Morgan fingerprint density at radius 2 is 1.89 bits per heavy atom. The number of amides is 3. The van der Waals surface area contributed by atoms with Crippen molar-refractivity contribution in [3.05, 3.63) is 0 Å². The van der Waals surface area contributed by atoms with Crippen molar-refractivity contribution >= 4 is 18.3 Å². The summed E-state index contributed by atoms with van der Waals surface area (Å²) in [6, 6.07) is -0.285. The molecule has 0 aromatic carbocycles. The van der Waals surface area contributed by atoms with Crippen LogP contribution in [0.15, 0.2) is 5.10 Å². The van der Waals surface area contributed by atoms with Crippen molar-refractivity contribution in [1.82, 2.24) is 15.6 Å². The highest BCUT2D eigenvalue weighted by molar-refractivity contribution is 5.86. The molecule has 3 amide bonds. The van der Waals surface area contributed by atoms with Gasteiger partial charge in [-0.15, -0.1) is 0 Å². The molecule has 0 bridgehead atoms. The average molecular weight is 256 g/mol. The second-order valence-corrected chi connectivity index (χ2v) is 4.11. The first-order valence-electron chi connectivity index (χ1n) is 6.38. The number of unbranched alkanes of at least 4 members (excludes halogenated alkanes) is 4. The highest BCUT2D eigenvalue weighted by atomic mass is 16.2. The lowest BCUT2D eigenvalue weighted by Gasteiger charge is -2.09. The average Bonchev–Trinajstić information content (AvgIpc) is 2.37. The van der Waals surface area contributed by atoms with Crippen LogP contribution in [0, 0.1) is 0 Å². The molecule has 0 aromatic rings. The molecule has 0 rings (SSSR count). The first-order valence-corrected chi connectivity index (χ1v) is 6.38. The predicted octanol–water partition coefficient (Wildman–Crippen LogP) is 1.68. The summed E-state index contributed by atoms with van der Waals surface area (Å²) in [6.45, 7) is 2.16. The smallest absolute Gasteiger partial charge is 0.322 e. The zero-order valence-electron chi connectivity index (χ0n) is 11.5. The molecule has 2 N–H and O–H groups in total. The van der Waals surface area contributed by atoms with Gasteiger partial charge in [0.25, 0.3) is 0 Å². The Morgan fingerprint density at radius 3 is 2.50 bits per heavy atom. The highest BCUT2D eigenvalue weighted by Gasteiger charge is 2.02. The molecule has 0 saturated carbocycles. The molecule has 0 atom stereocenters. The zero-order valence-corrected chi connectivity index (χ0v) is 11.5. The molecule has 0 radical (unpaired) electrons. The van der Waals surface area contributed by atoms with Crippen LogP contribution in [0.4, 0.5) is 4.79 Å². The number of hydrazone groups is 1. The maximum atomic E-state index is 11.4. The Hall–Kier alpha value is -1.59. The van der Waals surface area contributed by atoms with Gasteiger partial charge in [-0.3, -0.25) is 9.69 Å². The molecule has 0 heterocycles. The summed E-state index contributed by atoms with van der Waals surface area (Å²) >= 11 is 0. The van der Waals surface area contributed by atoms with E-state index in [1.54, 1.807) is 7.05 Å². The fourth-order valence-corrected chi connectivity index (χ4v) is 1.36. The summed E-state index contributed by atoms with van der Waals surface area (Å²) in [5, 5.41) is 6.14. The van der Waals surface area contributed by atoms with Crippen molar-refractivity contribution in [2.45, 2.75) is 45.4 Å². The fourth-order valence-electron chi connectivity index (χ4n) is 1.36. The van der Waals surface area contributed by atoms with Crippen LogP contribution in [0.3, 0.4) is 0 Å². The normalized spacial score (nSPS) is 10.4. The minimum Gasteiger partial charge on any atom is -0.341 e. The molecule has 18 heavy (non-hydrogen) atoms. The van der Waals surface area contributed by atoms with Crippen LogP contribution in [0.2, 0.25) is 0 Å². The summed E-state index contributed by atoms with van der Waals surface area (Å²) in [4.78, 5) is 23.7. The molecule has 0 aliphatic carbocycles. The van der Waals surface area contributed by atoms with Gasteiger partial charge in [-0.2, -0.15) is 5.10 Å². The molecule has 0 fully saturated rings. The van der Waals surface area contributed by atoms with E-state index in [0.717, 1.165) is 12.8 Å². The van der Waals surface area contributed by atoms with Gasteiger partial charge in [0.05, 0.1) is 0 Å². The molecular weight excluding hydrogens is 232 g/mol. The summed E-state index contributed by atoms with van der Waals surface area (Å²) in [5.41, 5.74) is 2.39. The van der Waals surface area contributed by atoms with Crippen LogP contribution in [-0.4, -0.2) is 37.3 Å². The van der Waals surface area contributed by atoms with Gasteiger partial charge in [-0.05, 0) is 6.42 Å². The Bertz CT molecular complexity index is 279. The molecule has 0 saturated heterocycles. The minimum absolute atomic E-state index is 0.118. The predicted molar refractivity (Wildman–Crippen MR) is 72.2 cm³/mol. The Labute approximate surface area is 109 Å². The Kier molecular flexibility index (Phi) is 9.62. The number of nitrogens with zero attached hydrogens (tertiary/aromatic N) is 2. The van der Waals surface area contributed by atoms with Gasteiger partial charge >= 0.3 is 6.03 Å². The van der Waals surface area contributed by atoms with Crippen LogP contribution in [0.25, 0.3) is 0 Å². The van der Waals surface area contributed by atoms with E-state index in [1.807, 2.05) is 0 Å². The van der Waals surface area contributed by atoms with Gasteiger partial charge in [0, 0.05) is 20.5 Å². The van der Waals surface area contributed by atoms with Gasteiger partial charge in [0.15, 0.2) is 0 Å². The standard InChI is InChI=1S/C12H24N4O2/c1-4-5-6-7-8-9-11(17)15-14-10-16(3)12(18)13-2/h10H,4-9H2,1-3H3,(H,13,18)(H,15,17)/b14-10+. The molecule has 0 spiro atoms. The third-order valence-electron chi connectivity index (χ3n) is 2.46. The molecule has 104 valence electrons. The molecule has 0 aliphatic rings. The number of rotatable bonds is 8. The summed E-state index contributed by atoms with van der Waals surface area (Å²) < 4.78 is 0. The topological polar surface area (TPSA) is 73.8 Å². The van der Waals surface area contributed by atoms with Gasteiger partial charge in [0.1, 0.15) is 6.34 Å². The van der Waals surface area contributed by atoms with E-state index in [4.69, 9.17) is 0 Å². The summed E-state index contributed by atoms with van der Waals surface area (Å²) in [5.74, 6) is -0.118. The summed E-state index contributed by atoms with van der Waals surface area (Å²) in [7, 11) is 3.08. The van der Waals surface area contributed by atoms with Gasteiger partial charge < -0.3 is 5.32 Å². The van der Waals surface area contributed by atoms with Crippen molar-refractivity contribution in [1.29, 1.82) is 0 Å². The van der Waals surface area contributed by atoms with E-state index in [1.165, 1.54) is 37.5 Å². The lowest BCUT2D eigenvalue weighted by atomic mass is 10.1. The van der Waals surface area contributed by atoms with Crippen LogP contribution < -0.4 is 10.7 Å². The highest BCUT2D eigenvalue weighted by Crippen LogP contribution is 2.04. The monoisotopic (exact) mass is 256 g/mol. The number of carbonyl (C=O) groups excluding carboxylic acids is 2. The van der Waals surface area contributed by atoms with Crippen LogP contribution in [0.1, 0.15) is 45.4 Å².